The molecular formula is C19H27FN2O2. The lowest BCUT2D eigenvalue weighted by Crippen LogP contribution is -2.34. The molecule has 24 heavy (non-hydrogen) atoms. The topological polar surface area (TPSA) is 37.6 Å². The summed E-state index contributed by atoms with van der Waals surface area (Å²) in [7, 11) is 1.68. The first-order valence-electron chi connectivity index (χ1n) is 8.40. The fourth-order valence-electron chi connectivity index (χ4n) is 2.67. The minimum absolute atomic E-state index is 0.185. The summed E-state index contributed by atoms with van der Waals surface area (Å²) >= 11 is 0. The zero-order valence-corrected chi connectivity index (χ0v) is 14.5. The van der Waals surface area contributed by atoms with Gasteiger partial charge in [0, 0.05) is 44.2 Å². The van der Waals surface area contributed by atoms with Crippen LogP contribution in [0.15, 0.2) is 42.6 Å². The second-order valence-corrected chi connectivity index (χ2v) is 6.01. The molecule has 1 unspecified atom stereocenters. The van der Waals surface area contributed by atoms with Gasteiger partial charge in [0.25, 0.3) is 0 Å². The van der Waals surface area contributed by atoms with Crippen LogP contribution in [0.1, 0.15) is 24.6 Å². The van der Waals surface area contributed by atoms with Gasteiger partial charge in [-0.1, -0.05) is 25.1 Å². The maximum Gasteiger partial charge on any atom is 0.128 e. The molecular weight excluding hydrogens is 307 g/mol. The van der Waals surface area contributed by atoms with Gasteiger partial charge in [-0.25, -0.2) is 4.39 Å². The average Bonchev–Trinajstić information content (AvgIpc) is 3.01. The minimum atomic E-state index is -0.350. The summed E-state index contributed by atoms with van der Waals surface area (Å²) in [5.74, 6) is -0.185. The Balaban J connectivity index is 2.07. The van der Waals surface area contributed by atoms with E-state index in [0.717, 1.165) is 18.7 Å². The van der Waals surface area contributed by atoms with E-state index < -0.39 is 0 Å². The molecule has 5 heteroatoms. The summed E-state index contributed by atoms with van der Waals surface area (Å²) in [6.07, 6.45) is 2.34. The van der Waals surface area contributed by atoms with E-state index in [-0.39, 0.29) is 11.9 Å². The van der Waals surface area contributed by atoms with Gasteiger partial charge in [0.2, 0.25) is 0 Å². The van der Waals surface area contributed by atoms with Crippen LogP contribution in [0.2, 0.25) is 0 Å². The molecule has 4 nitrogen and oxygen atoms in total. The van der Waals surface area contributed by atoms with Gasteiger partial charge in [-0.2, -0.15) is 0 Å². The van der Waals surface area contributed by atoms with Gasteiger partial charge in [0.05, 0.1) is 19.3 Å². The summed E-state index contributed by atoms with van der Waals surface area (Å²) in [4.78, 5) is 2.17. The predicted octanol–water partition coefficient (Wildman–Crippen LogP) is 2.89. The van der Waals surface area contributed by atoms with Crippen LogP contribution in [0.4, 0.5) is 4.39 Å². The van der Waals surface area contributed by atoms with Crippen molar-refractivity contribution in [1.82, 2.24) is 9.47 Å². The van der Waals surface area contributed by atoms with E-state index >= 15 is 0 Å². The number of hydrogen-bond donors (Lipinski definition) is 1. The number of benzene rings is 1. The highest BCUT2D eigenvalue weighted by atomic mass is 19.1. The van der Waals surface area contributed by atoms with Crippen LogP contribution in [0, 0.1) is 5.82 Å². The first-order chi connectivity index (χ1) is 11.6. The van der Waals surface area contributed by atoms with Gasteiger partial charge in [0.15, 0.2) is 0 Å². The molecule has 1 N–H and O–H groups in total. The second kappa shape index (κ2) is 9.57. The van der Waals surface area contributed by atoms with E-state index in [1.54, 1.807) is 13.2 Å². The van der Waals surface area contributed by atoms with Crippen LogP contribution in [0.25, 0.3) is 0 Å². The summed E-state index contributed by atoms with van der Waals surface area (Å²) in [5.41, 5.74) is 1.77. The average molecular weight is 334 g/mol. The number of aromatic nitrogens is 1. The Morgan fingerprint density at radius 2 is 2.04 bits per heavy atom. The van der Waals surface area contributed by atoms with E-state index in [0.29, 0.717) is 31.8 Å². The Labute approximate surface area is 143 Å². The van der Waals surface area contributed by atoms with Crippen LogP contribution in [-0.2, 0) is 17.8 Å². The number of aliphatic hydroxyl groups excluding tert-OH is 1. The fraction of sp³-hybridized carbons (Fsp3) is 0.474. The molecule has 0 aliphatic carbocycles. The highest BCUT2D eigenvalue weighted by molar-refractivity contribution is 5.19. The van der Waals surface area contributed by atoms with Crippen LogP contribution >= 0.6 is 0 Å². The standard InChI is InChI=1S/C19H27FN2O2/c1-3-18(23)15-21(11-12-24-2)14-17-8-6-10-22(17)13-16-7-4-5-9-19(16)20/h4-10,18,23H,3,11-15H2,1-2H3. The van der Waals surface area contributed by atoms with Crippen molar-refractivity contribution in [2.45, 2.75) is 32.5 Å². The fourth-order valence-corrected chi connectivity index (χ4v) is 2.67. The third kappa shape index (κ3) is 5.44. The first kappa shape index (κ1) is 18.6. The van der Waals surface area contributed by atoms with E-state index in [1.165, 1.54) is 6.07 Å². The summed E-state index contributed by atoms with van der Waals surface area (Å²) < 4.78 is 21.1. The summed E-state index contributed by atoms with van der Waals surface area (Å²) in [6, 6.07) is 10.9. The molecule has 0 fully saturated rings. The SMILES string of the molecule is CCC(O)CN(CCOC)Cc1cccn1Cc1ccccc1F. The van der Waals surface area contributed by atoms with Crippen molar-refractivity contribution < 1.29 is 14.2 Å². The molecule has 0 radical (unpaired) electrons. The predicted molar refractivity (Wildman–Crippen MR) is 93.4 cm³/mol. The maximum absolute atomic E-state index is 13.9. The molecule has 1 aromatic carbocycles. The summed E-state index contributed by atoms with van der Waals surface area (Å²) in [5, 5.41) is 9.96. The van der Waals surface area contributed by atoms with E-state index in [4.69, 9.17) is 4.74 Å². The van der Waals surface area contributed by atoms with E-state index in [1.807, 2.05) is 37.4 Å². The van der Waals surface area contributed by atoms with Crippen LogP contribution in [0.3, 0.4) is 0 Å². The zero-order chi connectivity index (χ0) is 17.4. The molecule has 1 atom stereocenters. The molecule has 1 heterocycles. The molecule has 0 bridgehead atoms. The molecule has 0 saturated carbocycles. The maximum atomic E-state index is 13.9. The van der Waals surface area contributed by atoms with Crippen molar-refractivity contribution in [3.05, 3.63) is 59.7 Å². The molecule has 2 rings (SSSR count). The molecule has 0 saturated heterocycles. The molecule has 2 aromatic rings. The lowest BCUT2D eigenvalue weighted by atomic mass is 10.2. The molecule has 0 spiro atoms. The van der Waals surface area contributed by atoms with Crippen molar-refractivity contribution in [1.29, 1.82) is 0 Å². The Bertz CT molecular complexity index is 615. The first-order valence-corrected chi connectivity index (χ1v) is 8.40. The Morgan fingerprint density at radius 3 is 2.75 bits per heavy atom. The number of aliphatic hydroxyl groups is 1. The highest BCUT2D eigenvalue weighted by Crippen LogP contribution is 2.13. The second-order valence-electron chi connectivity index (χ2n) is 6.01. The van der Waals surface area contributed by atoms with Crippen molar-refractivity contribution in [3.63, 3.8) is 0 Å². The lowest BCUT2D eigenvalue weighted by molar-refractivity contribution is 0.0818. The van der Waals surface area contributed by atoms with Crippen LogP contribution in [-0.4, -0.2) is 47.5 Å². The number of hydrogen-bond acceptors (Lipinski definition) is 3. The van der Waals surface area contributed by atoms with Gasteiger partial charge < -0.3 is 14.4 Å². The molecule has 0 amide bonds. The van der Waals surface area contributed by atoms with Crippen molar-refractivity contribution in [3.8, 4) is 0 Å². The highest BCUT2D eigenvalue weighted by Gasteiger charge is 2.13. The third-order valence-corrected chi connectivity index (χ3v) is 4.16. The Kier molecular flexibility index (Phi) is 7.43. The quantitative estimate of drug-likeness (QED) is 0.726. The molecule has 1 aromatic heterocycles. The van der Waals surface area contributed by atoms with Gasteiger partial charge in [-0.15, -0.1) is 0 Å². The Morgan fingerprint density at radius 1 is 1.25 bits per heavy atom. The Hall–Kier alpha value is -1.69. The number of methoxy groups -OCH3 is 1. The third-order valence-electron chi connectivity index (χ3n) is 4.16. The lowest BCUT2D eigenvalue weighted by Gasteiger charge is -2.25. The van der Waals surface area contributed by atoms with Crippen LogP contribution < -0.4 is 0 Å². The molecule has 0 aliphatic heterocycles. The largest absolute Gasteiger partial charge is 0.392 e. The number of rotatable bonds is 10. The van der Waals surface area contributed by atoms with Gasteiger partial charge >= 0.3 is 0 Å². The number of ether oxygens (including phenoxy) is 1. The van der Waals surface area contributed by atoms with Crippen molar-refractivity contribution in [2.75, 3.05) is 26.8 Å². The van der Waals surface area contributed by atoms with Crippen molar-refractivity contribution in [2.24, 2.45) is 0 Å². The normalized spacial score (nSPS) is 12.7. The smallest absolute Gasteiger partial charge is 0.128 e. The van der Waals surface area contributed by atoms with Gasteiger partial charge in [-0.3, -0.25) is 4.90 Å². The minimum Gasteiger partial charge on any atom is -0.392 e. The van der Waals surface area contributed by atoms with E-state index in [2.05, 4.69) is 9.47 Å². The van der Waals surface area contributed by atoms with Crippen molar-refractivity contribution >= 4 is 0 Å². The van der Waals surface area contributed by atoms with Crippen LogP contribution in [0.5, 0.6) is 0 Å². The monoisotopic (exact) mass is 334 g/mol. The van der Waals surface area contributed by atoms with E-state index in [9.17, 15) is 9.50 Å². The summed E-state index contributed by atoms with van der Waals surface area (Å²) in [6.45, 7) is 5.14. The molecule has 0 aliphatic rings. The molecule has 132 valence electrons. The number of nitrogens with zero attached hydrogens (tertiary/aromatic N) is 2. The zero-order valence-electron chi connectivity index (χ0n) is 14.5. The number of halogens is 1. The van der Waals surface area contributed by atoms with Gasteiger partial charge in [-0.05, 0) is 24.6 Å². The van der Waals surface area contributed by atoms with Gasteiger partial charge in [0.1, 0.15) is 5.82 Å².